The van der Waals surface area contributed by atoms with Gasteiger partial charge >= 0.3 is 11.7 Å². The maximum absolute atomic E-state index is 12.5. The lowest BCUT2D eigenvalue weighted by Gasteiger charge is -2.09. The van der Waals surface area contributed by atoms with Crippen molar-refractivity contribution in [3.63, 3.8) is 0 Å². The predicted octanol–water partition coefficient (Wildman–Crippen LogP) is -0.163. The third-order valence-electron chi connectivity index (χ3n) is 3.09. The molecule has 0 spiro atoms. The summed E-state index contributed by atoms with van der Waals surface area (Å²) in [5.74, 6) is -1.26. The minimum Gasteiger partial charge on any atom is -0.480 e. The Morgan fingerprint density at radius 2 is 1.96 bits per heavy atom. The SMILES string of the molecule is Cc1nc(-c2nn(-c3ccccc3)c(=O)n(CC(=O)O)c2=O)no1. The van der Waals surface area contributed by atoms with Crippen LogP contribution in [0.5, 0.6) is 0 Å². The molecular formula is C14H11N5O5. The van der Waals surface area contributed by atoms with Crippen molar-refractivity contribution in [1.82, 2.24) is 24.5 Å². The summed E-state index contributed by atoms with van der Waals surface area (Å²) in [5, 5.41) is 16.6. The Balaban J connectivity index is 2.32. The molecule has 10 heteroatoms. The first kappa shape index (κ1) is 15.3. The first-order valence-corrected chi connectivity index (χ1v) is 6.79. The molecule has 0 saturated carbocycles. The molecule has 0 aliphatic heterocycles. The first-order chi connectivity index (χ1) is 11.5. The molecule has 2 heterocycles. The second-order valence-corrected chi connectivity index (χ2v) is 4.80. The number of aliphatic carboxylic acids is 1. The van der Waals surface area contributed by atoms with E-state index < -0.39 is 23.8 Å². The Kier molecular flexibility index (Phi) is 3.78. The first-order valence-electron chi connectivity index (χ1n) is 6.79. The molecule has 1 aromatic carbocycles. The van der Waals surface area contributed by atoms with E-state index in [9.17, 15) is 14.4 Å². The maximum atomic E-state index is 12.5. The highest BCUT2D eigenvalue weighted by molar-refractivity contribution is 5.66. The summed E-state index contributed by atoms with van der Waals surface area (Å²) < 4.78 is 6.30. The molecule has 10 nitrogen and oxygen atoms in total. The van der Waals surface area contributed by atoms with E-state index in [0.717, 1.165) is 4.68 Å². The van der Waals surface area contributed by atoms with Gasteiger partial charge in [-0.2, -0.15) is 14.8 Å². The molecule has 0 bridgehead atoms. The van der Waals surface area contributed by atoms with Gasteiger partial charge in [0.1, 0.15) is 6.54 Å². The van der Waals surface area contributed by atoms with E-state index in [2.05, 4.69) is 15.2 Å². The lowest BCUT2D eigenvalue weighted by atomic mass is 10.3. The molecule has 0 amide bonds. The molecule has 1 N–H and O–H groups in total. The Hall–Kier alpha value is -3.56. The summed E-state index contributed by atoms with van der Waals surface area (Å²) in [6.45, 7) is 0.719. The summed E-state index contributed by atoms with van der Waals surface area (Å²) in [6, 6.07) is 8.28. The fourth-order valence-corrected chi connectivity index (χ4v) is 2.06. The van der Waals surface area contributed by atoms with Crippen molar-refractivity contribution >= 4 is 5.97 Å². The monoisotopic (exact) mass is 329 g/mol. The van der Waals surface area contributed by atoms with E-state index in [1.807, 2.05) is 0 Å². The van der Waals surface area contributed by atoms with E-state index in [1.165, 1.54) is 6.92 Å². The van der Waals surface area contributed by atoms with Gasteiger partial charge < -0.3 is 9.63 Å². The Morgan fingerprint density at radius 1 is 1.25 bits per heavy atom. The number of carboxylic acids is 1. The Labute approximate surface area is 133 Å². The van der Waals surface area contributed by atoms with Crippen LogP contribution in [-0.2, 0) is 11.3 Å². The van der Waals surface area contributed by atoms with Crippen LogP contribution in [0.3, 0.4) is 0 Å². The molecule has 0 radical (unpaired) electrons. The molecular weight excluding hydrogens is 318 g/mol. The summed E-state index contributed by atoms with van der Waals surface area (Å²) in [5.41, 5.74) is -1.70. The molecule has 2 aromatic heterocycles. The molecule has 0 aliphatic carbocycles. The molecule has 0 aliphatic rings. The zero-order valence-corrected chi connectivity index (χ0v) is 12.4. The van der Waals surface area contributed by atoms with Gasteiger partial charge in [-0.25, -0.2) is 9.36 Å². The van der Waals surface area contributed by atoms with E-state index >= 15 is 0 Å². The van der Waals surface area contributed by atoms with Gasteiger partial charge in [0.25, 0.3) is 5.56 Å². The molecule has 3 rings (SSSR count). The zero-order valence-electron chi connectivity index (χ0n) is 12.4. The van der Waals surface area contributed by atoms with E-state index in [4.69, 9.17) is 9.63 Å². The van der Waals surface area contributed by atoms with Crippen LogP contribution in [0.2, 0.25) is 0 Å². The number of hydrogen-bond acceptors (Lipinski definition) is 7. The third-order valence-corrected chi connectivity index (χ3v) is 3.09. The number of nitrogens with zero attached hydrogens (tertiary/aromatic N) is 5. The van der Waals surface area contributed by atoms with Crippen LogP contribution in [0.25, 0.3) is 17.2 Å². The topological polar surface area (TPSA) is 133 Å². The van der Waals surface area contributed by atoms with Crippen molar-refractivity contribution in [3.8, 4) is 17.2 Å². The highest BCUT2D eigenvalue weighted by Gasteiger charge is 2.20. The summed E-state index contributed by atoms with van der Waals surface area (Å²) in [7, 11) is 0. The smallest absolute Gasteiger partial charge is 0.352 e. The summed E-state index contributed by atoms with van der Waals surface area (Å²) in [6.07, 6.45) is 0. The van der Waals surface area contributed by atoms with Crippen LogP contribution < -0.4 is 11.2 Å². The second kappa shape index (κ2) is 5.91. The molecule has 0 fully saturated rings. The standard InChI is InChI=1S/C14H11N5O5/c1-8-15-12(17-24-8)11-13(22)18(7-10(20)21)14(23)19(16-11)9-5-3-2-4-6-9/h2-6H,7H2,1H3,(H,20,21). The normalized spacial score (nSPS) is 10.7. The Bertz CT molecular complexity index is 1020. The molecule has 122 valence electrons. The number of hydrogen-bond donors (Lipinski definition) is 1. The predicted molar refractivity (Wildman–Crippen MR) is 79.8 cm³/mol. The highest BCUT2D eigenvalue weighted by atomic mass is 16.5. The average Bonchev–Trinajstić information content (AvgIpc) is 2.98. The van der Waals surface area contributed by atoms with E-state index in [1.54, 1.807) is 30.3 Å². The van der Waals surface area contributed by atoms with Gasteiger partial charge in [-0.05, 0) is 12.1 Å². The van der Waals surface area contributed by atoms with Crippen molar-refractivity contribution in [2.45, 2.75) is 13.5 Å². The summed E-state index contributed by atoms with van der Waals surface area (Å²) in [4.78, 5) is 39.8. The van der Waals surface area contributed by atoms with Crippen LogP contribution in [0, 0.1) is 6.92 Å². The number of aryl methyl sites for hydroxylation is 1. The largest absolute Gasteiger partial charge is 0.480 e. The van der Waals surface area contributed by atoms with Gasteiger partial charge in [0.05, 0.1) is 5.69 Å². The number of para-hydroxylation sites is 1. The second-order valence-electron chi connectivity index (χ2n) is 4.80. The van der Waals surface area contributed by atoms with Gasteiger partial charge in [0.2, 0.25) is 11.7 Å². The maximum Gasteiger partial charge on any atom is 0.352 e. The number of carbonyl (C=O) groups is 1. The molecule has 0 atom stereocenters. The van der Waals surface area contributed by atoms with E-state index in [-0.39, 0.29) is 17.4 Å². The highest BCUT2D eigenvalue weighted by Crippen LogP contribution is 2.09. The van der Waals surface area contributed by atoms with Crippen LogP contribution in [0.15, 0.2) is 44.4 Å². The molecule has 24 heavy (non-hydrogen) atoms. The van der Waals surface area contributed by atoms with Crippen molar-refractivity contribution in [2.75, 3.05) is 0 Å². The zero-order chi connectivity index (χ0) is 17.3. The molecule has 3 aromatic rings. The van der Waals surface area contributed by atoms with Crippen LogP contribution in [0.4, 0.5) is 0 Å². The van der Waals surface area contributed by atoms with Crippen molar-refractivity contribution < 1.29 is 14.4 Å². The van der Waals surface area contributed by atoms with Crippen molar-refractivity contribution in [2.24, 2.45) is 0 Å². The number of benzene rings is 1. The van der Waals surface area contributed by atoms with Gasteiger partial charge in [0, 0.05) is 6.92 Å². The lowest BCUT2D eigenvalue weighted by Crippen LogP contribution is -2.43. The average molecular weight is 329 g/mol. The number of aromatic nitrogens is 5. The van der Waals surface area contributed by atoms with Crippen LogP contribution >= 0.6 is 0 Å². The Morgan fingerprint density at radius 3 is 2.54 bits per heavy atom. The van der Waals surface area contributed by atoms with E-state index in [0.29, 0.717) is 10.3 Å². The molecule has 0 saturated heterocycles. The van der Waals surface area contributed by atoms with Crippen molar-refractivity contribution in [3.05, 3.63) is 57.1 Å². The minimum atomic E-state index is -1.34. The fraction of sp³-hybridized carbons (Fsp3) is 0.143. The molecule has 0 unspecified atom stereocenters. The fourth-order valence-electron chi connectivity index (χ4n) is 2.06. The number of carboxylic acid groups (broad SMARTS) is 1. The van der Waals surface area contributed by atoms with Gasteiger partial charge in [-0.1, -0.05) is 23.4 Å². The van der Waals surface area contributed by atoms with Crippen LogP contribution in [-0.4, -0.2) is 35.6 Å². The third kappa shape index (κ3) is 2.72. The lowest BCUT2D eigenvalue weighted by molar-refractivity contribution is -0.137. The number of rotatable bonds is 4. The van der Waals surface area contributed by atoms with Gasteiger partial charge in [-0.15, -0.1) is 0 Å². The van der Waals surface area contributed by atoms with Crippen molar-refractivity contribution in [1.29, 1.82) is 0 Å². The van der Waals surface area contributed by atoms with Gasteiger partial charge in [-0.3, -0.25) is 9.59 Å². The minimum absolute atomic E-state index is 0.124. The quantitative estimate of drug-likeness (QED) is 0.698. The summed E-state index contributed by atoms with van der Waals surface area (Å²) >= 11 is 0. The van der Waals surface area contributed by atoms with Crippen LogP contribution in [0.1, 0.15) is 5.89 Å². The van der Waals surface area contributed by atoms with Gasteiger partial charge in [0.15, 0.2) is 5.69 Å².